The van der Waals surface area contributed by atoms with E-state index in [0.717, 1.165) is 36.6 Å². The number of para-hydroxylation sites is 2. The SMILES string of the molecule is Cc1ccc(OCCCn2c(CN(C)C)nc3ccccc32)cc1. The molecule has 3 aromatic rings. The van der Waals surface area contributed by atoms with Crippen molar-refractivity contribution in [3.63, 3.8) is 0 Å². The summed E-state index contributed by atoms with van der Waals surface area (Å²) in [5.41, 5.74) is 3.51. The Hall–Kier alpha value is -2.33. The zero-order chi connectivity index (χ0) is 16.9. The Morgan fingerprint density at radius 2 is 1.79 bits per heavy atom. The summed E-state index contributed by atoms with van der Waals surface area (Å²) in [7, 11) is 4.15. The first-order chi connectivity index (χ1) is 11.6. The zero-order valence-electron chi connectivity index (χ0n) is 14.7. The number of aromatic nitrogens is 2. The lowest BCUT2D eigenvalue weighted by Gasteiger charge is -2.13. The van der Waals surface area contributed by atoms with E-state index >= 15 is 0 Å². The standard InChI is InChI=1S/C20H25N3O/c1-16-9-11-17(12-10-16)24-14-6-13-23-19-8-5-4-7-18(19)21-20(23)15-22(2)3/h4-5,7-12H,6,13-15H2,1-3H3. The van der Waals surface area contributed by atoms with Crippen LogP contribution in [0.15, 0.2) is 48.5 Å². The molecule has 0 amide bonds. The summed E-state index contributed by atoms with van der Waals surface area (Å²) in [6.07, 6.45) is 0.953. The molecule has 24 heavy (non-hydrogen) atoms. The molecule has 0 aliphatic heterocycles. The molecule has 0 atom stereocenters. The van der Waals surface area contributed by atoms with Gasteiger partial charge >= 0.3 is 0 Å². The van der Waals surface area contributed by atoms with Crippen LogP contribution in [0.1, 0.15) is 17.8 Å². The minimum Gasteiger partial charge on any atom is -0.494 e. The Balaban J connectivity index is 1.66. The van der Waals surface area contributed by atoms with E-state index in [9.17, 15) is 0 Å². The predicted molar refractivity (Wildman–Crippen MR) is 98.4 cm³/mol. The van der Waals surface area contributed by atoms with E-state index in [1.54, 1.807) is 0 Å². The number of rotatable bonds is 7. The van der Waals surface area contributed by atoms with E-state index in [0.29, 0.717) is 6.61 Å². The first kappa shape index (κ1) is 16.5. The van der Waals surface area contributed by atoms with E-state index in [1.165, 1.54) is 11.1 Å². The average Bonchev–Trinajstić information content (AvgIpc) is 2.90. The molecule has 0 bridgehead atoms. The molecule has 1 heterocycles. The van der Waals surface area contributed by atoms with Gasteiger partial charge in [0.05, 0.1) is 24.2 Å². The van der Waals surface area contributed by atoms with Crippen LogP contribution in [0.2, 0.25) is 0 Å². The van der Waals surface area contributed by atoms with Crippen molar-refractivity contribution >= 4 is 11.0 Å². The van der Waals surface area contributed by atoms with Crippen molar-refractivity contribution in [3.05, 3.63) is 59.9 Å². The molecule has 4 heteroatoms. The lowest BCUT2D eigenvalue weighted by molar-refractivity contribution is 0.299. The monoisotopic (exact) mass is 323 g/mol. The molecule has 0 aliphatic rings. The van der Waals surface area contributed by atoms with E-state index in [4.69, 9.17) is 9.72 Å². The number of hydrogen-bond acceptors (Lipinski definition) is 3. The Kier molecular flexibility index (Phi) is 5.16. The van der Waals surface area contributed by atoms with Gasteiger partial charge in [0.15, 0.2) is 0 Å². The summed E-state index contributed by atoms with van der Waals surface area (Å²) in [6.45, 7) is 4.54. The molecule has 2 aromatic carbocycles. The second-order valence-corrected chi connectivity index (χ2v) is 6.42. The second kappa shape index (κ2) is 7.49. The molecule has 4 nitrogen and oxygen atoms in total. The van der Waals surface area contributed by atoms with Crippen LogP contribution in [0.3, 0.4) is 0 Å². The lowest BCUT2D eigenvalue weighted by atomic mass is 10.2. The van der Waals surface area contributed by atoms with Gasteiger partial charge in [-0.25, -0.2) is 4.98 Å². The highest BCUT2D eigenvalue weighted by molar-refractivity contribution is 5.75. The normalized spacial score (nSPS) is 11.3. The third-order valence-electron chi connectivity index (χ3n) is 4.01. The molecule has 0 fully saturated rings. The van der Waals surface area contributed by atoms with Gasteiger partial charge in [-0.05, 0) is 51.7 Å². The molecule has 0 saturated heterocycles. The molecule has 0 N–H and O–H groups in total. The van der Waals surface area contributed by atoms with E-state index in [1.807, 2.05) is 18.2 Å². The van der Waals surface area contributed by atoms with Crippen LogP contribution in [-0.2, 0) is 13.1 Å². The van der Waals surface area contributed by atoms with Gasteiger partial charge in [-0.15, -0.1) is 0 Å². The quantitative estimate of drug-likeness (QED) is 0.618. The van der Waals surface area contributed by atoms with Gasteiger partial charge in [-0.2, -0.15) is 0 Å². The number of benzene rings is 2. The van der Waals surface area contributed by atoms with Gasteiger partial charge in [0, 0.05) is 6.54 Å². The third kappa shape index (κ3) is 3.95. The van der Waals surface area contributed by atoms with Crippen molar-refractivity contribution in [3.8, 4) is 5.75 Å². The fraction of sp³-hybridized carbons (Fsp3) is 0.350. The van der Waals surface area contributed by atoms with Crippen LogP contribution in [0, 0.1) is 6.92 Å². The maximum absolute atomic E-state index is 5.85. The molecule has 0 aliphatic carbocycles. The number of ether oxygens (including phenoxy) is 1. The first-order valence-corrected chi connectivity index (χ1v) is 8.42. The Bertz CT molecular complexity index is 790. The molecule has 3 rings (SSSR count). The Morgan fingerprint density at radius 3 is 2.54 bits per heavy atom. The average molecular weight is 323 g/mol. The van der Waals surface area contributed by atoms with Crippen LogP contribution >= 0.6 is 0 Å². The predicted octanol–water partition coefficient (Wildman–Crippen LogP) is 3.88. The van der Waals surface area contributed by atoms with Crippen molar-refractivity contribution in [2.75, 3.05) is 20.7 Å². The molecule has 0 spiro atoms. The molecule has 1 aromatic heterocycles. The highest BCUT2D eigenvalue weighted by atomic mass is 16.5. The second-order valence-electron chi connectivity index (χ2n) is 6.42. The van der Waals surface area contributed by atoms with Crippen LogP contribution < -0.4 is 4.74 Å². The van der Waals surface area contributed by atoms with Gasteiger partial charge in [-0.1, -0.05) is 29.8 Å². The van der Waals surface area contributed by atoms with Crippen molar-refractivity contribution < 1.29 is 4.74 Å². The van der Waals surface area contributed by atoms with Crippen molar-refractivity contribution in [1.29, 1.82) is 0 Å². The molecule has 0 radical (unpaired) electrons. The van der Waals surface area contributed by atoms with Crippen LogP contribution in [0.25, 0.3) is 11.0 Å². The Labute approximate surface area is 143 Å². The molecule has 0 unspecified atom stereocenters. The highest BCUT2D eigenvalue weighted by Gasteiger charge is 2.10. The molecular weight excluding hydrogens is 298 g/mol. The maximum Gasteiger partial charge on any atom is 0.124 e. The summed E-state index contributed by atoms with van der Waals surface area (Å²) in [4.78, 5) is 6.93. The fourth-order valence-corrected chi connectivity index (χ4v) is 2.83. The number of aryl methyl sites for hydroxylation is 2. The zero-order valence-corrected chi connectivity index (χ0v) is 14.7. The summed E-state index contributed by atoms with van der Waals surface area (Å²) < 4.78 is 8.16. The smallest absolute Gasteiger partial charge is 0.124 e. The number of nitrogens with zero attached hydrogens (tertiary/aromatic N) is 3. The maximum atomic E-state index is 5.85. The van der Waals surface area contributed by atoms with E-state index in [-0.39, 0.29) is 0 Å². The minimum absolute atomic E-state index is 0.705. The van der Waals surface area contributed by atoms with E-state index < -0.39 is 0 Å². The number of fused-ring (bicyclic) bond motifs is 1. The van der Waals surface area contributed by atoms with Gasteiger partial charge in [-0.3, -0.25) is 0 Å². The van der Waals surface area contributed by atoms with Crippen molar-refractivity contribution in [2.24, 2.45) is 0 Å². The molecular formula is C20H25N3O. The summed E-state index contributed by atoms with van der Waals surface area (Å²) in [5.74, 6) is 2.04. The summed E-state index contributed by atoms with van der Waals surface area (Å²) >= 11 is 0. The van der Waals surface area contributed by atoms with Gasteiger partial charge < -0.3 is 14.2 Å². The molecule has 0 saturated carbocycles. The third-order valence-corrected chi connectivity index (χ3v) is 4.01. The van der Waals surface area contributed by atoms with Crippen molar-refractivity contribution in [1.82, 2.24) is 14.5 Å². The Morgan fingerprint density at radius 1 is 1.04 bits per heavy atom. The largest absolute Gasteiger partial charge is 0.494 e. The van der Waals surface area contributed by atoms with Crippen LogP contribution in [0.4, 0.5) is 0 Å². The van der Waals surface area contributed by atoms with Crippen molar-refractivity contribution in [2.45, 2.75) is 26.4 Å². The summed E-state index contributed by atoms with van der Waals surface area (Å²) in [6, 6.07) is 16.5. The first-order valence-electron chi connectivity index (χ1n) is 8.42. The van der Waals surface area contributed by atoms with Gasteiger partial charge in [0.1, 0.15) is 11.6 Å². The van der Waals surface area contributed by atoms with Crippen LogP contribution in [0.5, 0.6) is 5.75 Å². The van der Waals surface area contributed by atoms with Gasteiger partial charge in [0.25, 0.3) is 0 Å². The lowest BCUT2D eigenvalue weighted by Crippen LogP contribution is -2.16. The number of imidazole rings is 1. The van der Waals surface area contributed by atoms with E-state index in [2.05, 4.69) is 60.8 Å². The molecule has 126 valence electrons. The van der Waals surface area contributed by atoms with Crippen LogP contribution in [-0.4, -0.2) is 35.2 Å². The fourth-order valence-electron chi connectivity index (χ4n) is 2.83. The summed E-state index contributed by atoms with van der Waals surface area (Å²) in [5, 5.41) is 0. The number of hydrogen-bond donors (Lipinski definition) is 0. The van der Waals surface area contributed by atoms with Gasteiger partial charge in [0.2, 0.25) is 0 Å². The highest BCUT2D eigenvalue weighted by Crippen LogP contribution is 2.18. The topological polar surface area (TPSA) is 30.3 Å². The minimum atomic E-state index is 0.705.